The van der Waals surface area contributed by atoms with Gasteiger partial charge in [0.1, 0.15) is 5.82 Å². The molecule has 1 aromatic heterocycles. The quantitative estimate of drug-likeness (QED) is 0.347. The molecule has 2 heterocycles. The molecule has 0 spiro atoms. The number of aromatic nitrogens is 2. The number of piperidine rings is 1. The lowest BCUT2D eigenvalue weighted by atomic mass is 9.97. The van der Waals surface area contributed by atoms with Gasteiger partial charge in [-0.2, -0.15) is 4.31 Å². The van der Waals surface area contributed by atoms with Crippen LogP contribution in [0, 0.1) is 0 Å². The van der Waals surface area contributed by atoms with Crippen molar-refractivity contribution >= 4 is 55.9 Å². The molecule has 1 saturated heterocycles. The average molecular weight is 529 g/mol. The van der Waals surface area contributed by atoms with Crippen molar-refractivity contribution in [1.82, 2.24) is 14.3 Å². The minimum Gasteiger partial charge on any atom is -0.342 e. The Morgan fingerprint density at radius 2 is 1.71 bits per heavy atom. The van der Waals surface area contributed by atoms with Gasteiger partial charge in [0, 0.05) is 29.7 Å². The Morgan fingerprint density at radius 3 is 2.43 bits per heavy atom. The van der Waals surface area contributed by atoms with Crippen LogP contribution in [-0.2, 0) is 10.0 Å². The molecule has 4 aromatic rings. The van der Waals surface area contributed by atoms with Crippen molar-refractivity contribution in [3.05, 3.63) is 88.2 Å². The van der Waals surface area contributed by atoms with Gasteiger partial charge in [0.05, 0.1) is 26.5 Å². The van der Waals surface area contributed by atoms with E-state index in [-0.39, 0.29) is 21.4 Å². The molecule has 1 amide bonds. The van der Waals surface area contributed by atoms with Crippen LogP contribution in [-0.4, -0.2) is 41.7 Å². The number of carbonyl (C=O) groups excluding carboxylic acids is 1. The first kappa shape index (κ1) is 23.8. The first-order valence-corrected chi connectivity index (χ1v) is 13.3. The van der Waals surface area contributed by atoms with E-state index >= 15 is 0 Å². The van der Waals surface area contributed by atoms with E-state index in [2.05, 4.69) is 15.3 Å². The third-order valence-corrected chi connectivity index (χ3v) is 8.65. The number of anilines is 1. The molecule has 1 aliphatic rings. The molecule has 0 aliphatic carbocycles. The van der Waals surface area contributed by atoms with Gasteiger partial charge < -0.3 is 10.3 Å². The summed E-state index contributed by atoms with van der Waals surface area (Å²) in [5.41, 5.74) is 2.60. The van der Waals surface area contributed by atoms with Crippen molar-refractivity contribution < 1.29 is 13.2 Å². The van der Waals surface area contributed by atoms with E-state index in [1.54, 1.807) is 24.3 Å². The Morgan fingerprint density at radius 1 is 1.00 bits per heavy atom. The second-order valence-electron chi connectivity index (χ2n) is 8.42. The van der Waals surface area contributed by atoms with Crippen molar-refractivity contribution in [2.24, 2.45) is 0 Å². The first-order chi connectivity index (χ1) is 16.8. The second kappa shape index (κ2) is 9.62. The summed E-state index contributed by atoms with van der Waals surface area (Å²) in [5, 5.41) is 3.39. The molecule has 2 N–H and O–H groups in total. The number of amides is 1. The summed E-state index contributed by atoms with van der Waals surface area (Å²) in [7, 11) is -3.65. The Labute approximate surface area is 213 Å². The van der Waals surface area contributed by atoms with E-state index in [1.807, 2.05) is 24.3 Å². The average Bonchev–Trinajstić information content (AvgIpc) is 3.30. The number of fused-ring (bicyclic) bond motifs is 1. The molecule has 180 valence electrons. The zero-order valence-corrected chi connectivity index (χ0v) is 20.9. The van der Waals surface area contributed by atoms with Gasteiger partial charge in [0.2, 0.25) is 10.0 Å². The summed E-state index contributed by atoms with van der Waals surface area (Å²) in [5.74, 6) is 0.661. The number of hydrogen-bond acceptors (Lipinski definition) is 4. The highest BCUT2D eigenvalue weighted by Crippen LogP contribution is 2.31. The van der Waals surface area contributed by atoms with Crippen molar-refractivity contribution in [3.63, 3.8) is 0 Å². The van der Waals surface area contributed by atoms with Crippen LogP contribution in [0.3, 0.4) is 0 Å². The molecule has 0 unspecified atom stereocenters. The third-order valence-electron chi connectivity index (χ3n) is 6.17. The fourth-order valence-corrected chi connectivity index (χ4v) is 6.11. The van der Waals surface area contributed by atoms with Crippen LogP contribution in [0.25, 0.3) is 11.0 Å². The van der Waals surface area contributed by atoms with E-state index in [9.17, 15) is 13.2 Å². The zero-order valence-electron chi connectivity index (χ0n) is 18.5. The molecule has 35 heavy (non-hydrogen) atoms. The molecule has 0 atom stereocenters. The molecule has 10 heteroatoms. The number of imidazole rings is 1. The molecule has 3 aromatic carbocycles. The summed E-state index contributed by atoms with van der Waals surface area (Å²) >= 11 is 12.0. The molecule has 7 nitrogen and oxygen atoms in total. The summed E-state index contributed by atoms with van der Waals surface area (Å²) in [4.78, 5) is 20.7. The number of sulfonamides is 1. The Balaban J connectivity index is 1.24. The SMILES string of the molecule is O=C(Nc1ccc(S(=O)(=O)N2CCC(c3nc4ccccc4[nH]3)CC2)cc1)c1cc(Cl)ccc1Cl. The third kappa shape index (κ3) is 4.92. The van der Waals surface area contributed by atoms with Crippen LogP contribution in [0.2, 0.25) is 10.0 Å². The van der Waals surface area contributed by atoms with Crippen molar-refractivity contribution in [1.29, 1.82) is 0 Å². The van der Waals surface area contributed by atoms with E-state index < -0.39 is 15.9 Å². The van der Waals surface area contributed by atoms with Gasteiger partial charge in [-0.25, -0.2) is 13.4 Å². The van der Waals surface area contributed by atoms with Crippen molar-refractivity contribution in [3.8, 4) is 0 Å². The van der Waals surface area contributed by atoms with E-state index in [4.69, 9.17) is 23.2 Å². The van der Waals surface area contributed by atoms with Crippen LogP contribution in [0.15, 0.2) is 71.6 Å². The molecule has 0 radical (unpaired) electrons. The lowest BCUT2D eigenvalue weighted by Gasteiger charge is -2.30. The minimum absolute atomic E-state index is 0.179. The fraction of sp³-hybridized carbons (Fsp3) is 0.200. The van der Waals surface area contributed by atoms with Crippen LogP contribution >= 0.6 is 23.2 Å². The highest BCUT2D eigenvalue weighted by Gasteiger charge is 2.31. The minimum atomic E-state index is -3.65. The first-order valence-electron chi connectivity index (χ1n) is 11.1. The largest absolute Gasteiger partial charge is 0.342 e. The molecule has 0 saturated carbocycles. The van der Waals surface area contributed by atoms with Crippen molar-refractivity contribution in [2.75, 3.05) is 18.4 Å². The topological polar surface area (TPSA) is 95.2 Å². The van der Waals surface area contributed by atoms with Crippen molar-refractivity contribution in [2.45, 2.75) is 23.7 Å². The number of halogens is 2. The molecular formula is C25H22Cl2N4O3S. The van der Waals surface area contributed by atoms with Gasteiger partial charge in [-0.15, -0.1) is 0 Å². The highest BCUT2D eigenvalue weighted by molar-refractivity contribution is 7.89. The van der Waals surface area contributed by atoms with Crippen LogP contribution < -0.4 is 5.32 Å². The van der Waals surface area contributed by atoms with Crippen LogP contribution in [0.1, 0.15) is 34.9 Å². The maximum Gasteiger partial charge on any atom is 0.257 e. The monoisotopic (exact) mass is 528 g/mol. The zero-order chi connectivity index (χ0) is 24.6. The molecule has 5 rings (SSSR count). The van der Waals surface area contributed by atoms with Gasteiger partial charge >= 0.3 is 0 Å². The lowest BCUT2D eigenvalue weighted by Crippen LogP contribution is -2.38. The Kier molecular flexibility index (Phi) is 6.55. The van der Waals surface area contributed by atoms with Gasteiger partial charge in [0.15, 0.2) is 0 Å². The summed E-state index contributed by atoms with van der Waals surface area (Å²) in [6, 6.07) is 18.6. The van der Waals surface area contributed by atoms with E-state index in [0.29, 0.717) is 36.6 Å². The van der Waals surface area contributed by atoms with Gasteiger partial charge in [-0.3, -0.25) is 4.79 Å². The number of rotatable bonds is 5. The standard InChI is InChI=1S/C25H22Cl2N4O3S/c26-17-5-10-21(27)20(15-17)25(32)28-18-6-8-19(9-7-18)35(33,34)31-13-11-16(12-14-31)24-29-22-3-1-2-4-23(22)30-24/h1-10,15-16H,11-14H2,(H,28,32)(H,29,30). The number of H-pyrrole nitrogens is 1. The molecule has 0 bridgehead atoms. The molecule has 1 aliphatic heterocycles. The number of para-hydroxylation sites is 2. The van der Waals surface area contributed by atoms with Gasteiger partial charge in [0.25, 0.3) is 5.91 Å². The Bertz CT molecular complexity index is 1460. The highest BCUT2D eigenvalue weighted by atomic mass is 35.5. The van der Waals surface area contributed by atoms with E-state index in [0.717, 1.165) is 16.9 Å². The van der Waals surface area contributed by atoms with E-state index in [1.165, 1.54) is 22.5 Å². The number of nitrogens with zero attached hydrogens (tertiary/aromatic N) is 2. The maximum atomic E-state index is 13.2. The Hall–Kier alpha value is -2.91. The predicted octanol–water partition coefficient (Wildman–Crippen LogP) is 5.69. The molecule has 1 fully saturated rings. The van der Waals surface area contributed by atoms with Crippen LogP contribution in [0.4, 0.5) is 5.69 Å². The van der Waals surface area contributed by atoms with Crippen LogP contribution in [0.5, 0.6) is 0 Å². The summed E-state index contributed by atoms with van der Waals surface area (Å²) in [6.07, 6.45) is 1.38. The number of nitrogens with one attached hydrogen (secondary N) is 2. The number of benzene rings is 3. The number of carbonyl (C=O) groups is 1. The van der Waals surface area contributed by atoms with Gasteiger partial charge in [-0.05, 0) is 67.4 Å². The maximum absolute atomic E-state index is 13.2. The summed E-state index contributed by atoms with van der Waals surface area (Å²) in [6.45, 7) is 0.825. The summed E-state index contributed by atoms with van der Waals surface area (Å²) < 4.78 is 27.9. The predicted molar refractivity (Wildman–Crippen MR) is 138 cm³/mol. The fourth-order valence-electron chi connectivity index (χ4n) is 4.26. The number of hydrogen-bond donors (Lipinski definition) is 2. The molecular weight excluding hydrogens is 507 g/mol. The lowest BCUT2D eigenvalue weighted by molar-refractivity contribution is 0.102. The van der Waals surface area contributed by atoms with Gasteiger partial charge in [-0.1, -0.05) is 35.3 Å². The normalized spacial score (nSPS) is 15.4. The smallest absolute Gasteiger partial charge is 0.257 e. The number of aromatic amines is 1. The second-order valence-corrected chi connectivity index (χ2v) is 11.2.